The first-order chi connectivity index (χ1) is 9.07. The van der Waals surface area contributed by atoms with Gasteiger partial charge >= 0.3 is 5.97 Å². The van der Waals surface area contributed by atoms with Crippen molar-refractivity contribution < 1.29 is 14.5 Å². The van der Waals surface area contributed by atoms with Gasteiger partial charge in [0.25, 0.3) is 0 Å². The Morgan fingerprint density at radius 1 is 1.05 bits per heavy atom. The fraction of sp³-hybridized carbons (Fsp3) is 0.933. The average molecular weight is 288 g/mol. The van der Waals surface area contributed by atoms with Crippen LogP contribution in [0.3, 0.4) is 0 Å². The van der Waals surface area contributed by atoms with Crippen molar-refractivity contribution in [1.29, 1.82) is 0 Å². The molecule has 19 heavy (non-hydrogen) atoms. The van der Waals surface area contributed by atoms with Gasteiger partial charge in [0.15, 0.2) is 8.46 Å². The molecule has 1 N–H and O–H groups in total. The van der Waals surface area contributed by atoms with Crippen molar-refractivity contribution in [2.75, 3.05) is 0 Å². The Bertz CT molecular complexity index is 258. The smallest absolute Gasteiger partial charge is 0.307 e. The molecule has 0 aliphatic rings. The second-order valence-corrected chi connectivity index (χ2v) is 6.51. The van der Waals surface area contributed by atoms with Crippen LogP contribution < -0.4 is 0 Å². The normalized spacial score (nSPS) is 13.6. The summed E-state index contributed by atoms with van der Waals surface area (Å²) in [5.74, 6) is -1.24. The molecule has 0 fully saturated rings. The van der Waals surface area contributed by atoms with E-state index in [-0.39, 0.29) is 8.46 Å². The fourth-order valence-corrected chi connectivity index (χ4v) is 3.49. The number of carboxylic acids is 1. The van der Waals surface area contributed by atoms with Crippen molar-refractivity contribution in [3.63, 3.8) is 0 Å². The van der Waals surface area contributed by atoms with E-state index in [4.69, 9.17) is 0 Å². The maximum atomic E-state index is 11.8. The lowest BCUT2D eigenvalue weighted by Gasteiger charge is -2.33. The summed E-state index contributed by atoms with van der Waals surface area (Å²) in [5, 5.41) is 8.97. The lowest BCUT2D eigenvalue weighted by atomic mass is 9.80. The maximum absolute atomic E-state index is 11.8. The molecule has 3 nitrogen and oxygen atoms in total. The Labute approximate surface area is 119 Å². The summed E-state index contributed by atoms with van der Waals surface area (Å²) >= 11 is 0. The summed E-state index contributed by atoms with van der Waals surface area (Å²) in [6.45, 7) is 6.25. The van der Waals surface area contributed by atoms with Gasteiger partial charge in [0.2, 0.25) is 0 Å². The third kappa shape index (κ3) is 6.03. The van der Waals surface area contributed by atoms with Gasteiger partial charge in [-0.3, -0.25) is 9.36 Å². The minimum absolute atomic E-state index is 0.0229. The van der Waals surface area contributed by atoms with Gasteiger partial charge in [-0.05, 0) is 19.3 Å². The van der Waals surface area contributed by atoms with Gasteiger partial charge in [-0.25, -0.2) is 0 Å². The highest BCUT2D eigenvalue weighted by atomic mass is 31.1. The van der Waals surface area contributed by atoms with Gasteiger partial charge in [-0.15, -0.1) is 0 Å². The summed E-state index contributed by atoms with van der Waals surface area (Å²) in [7, 11) is 0.0229. The predicted octanol–water partition coefficient (Wildman–Crippen LogP) is 5.29. The SMILES string of the molecule is CCCCC(C(=O)O)C(CCCC)(CCCC)P=O. The van der Waals surface area contributed by atoms with E-state index in [2.05, 4.69) is 20.8 Å². The molecule has 0 rings (SSSR count). The van der Waals surface area contributed by atoms with Crippen LogP contribution in [0.5, 0.6) is 0 Å². The van der Waals surface area contributed by atoms with Crippen LogP contribution in [0.2, 0.25) is 0 Å². The van der Waals surface area contributed by atoms with E-state index in [0.717, 1.165) is 51.4 Å². The predicted molar refractivity (Wildman–Crippen MR) is 80.0 cm³/mol. The minimum atomic E-state index is -0.774. The zero-order valence-corrected chi connectivity index (χ0v) is 13.5. The lowest BCUT2D eigenvalue weighted by Crippen LogP contribution is -2.38. The molecule has 0 aliphatic heterocycles. The molecule has 0 saturated heterocycles. The first kappa shape index (κ1) is 18.6. The Morgan fingerprint density at radius 3 is 1.84 bits per heavy atom. The molecule has 0 aromatic rings. The van der Waals surface area contributed by atoms with Crippen LogP contribution in [0.4, 0.5) is 0 Å². The van der Waals surface area contributed by atoms with Crippen molar-refractivity contribution in [3.05, 3.63) is 0 Å². The van der Waals surface area contributed by atoms with E-state index < -0.39 is 17.0 Å². The van der Waals surface area contributed by atoms with E-state index >= 15 is 0 Å². The Kier molecular flexibility index (Phi) is 10.1. The van der Waals surface area contributed by atoms with Crippen molar-refractivity contribution in [2.24, 2.45) is 5.92 Å². The molecule has 0 heterocycles. The molecule has 0 aliphatic carbocycles. The third-order valence-corrected chi connectivity index (χ3v) is 5.02. The Morgan fingerprint density at radius 2 is 1.53 bits per heavy atom. The first-order valence-electron chi connectivity index (χ1n) is 7.65. The quantitative estimate of drug-likeness (QED) is 0.496. The summed E-state index contributed by atoms with van der Waals surface area (Å²) in [6.07, 6.45) is 7.99. The second-order valence-electron chi connectivity index (χ2n) is 5.44. The molecule has 0 spiro atoms. The number of carboxylic acid groups (broad SMARTS) is 1. The zero-order valence-electron chi connectivity index (χ0n) is 12.7. The zero-order chi connectivity index (χ0) is 14.7. The highest BCUT2D eigenvalue weighted by Gasteiger charge is 2.42. The topological polar surface area (TPSA) is 54.4 Å². The largest absolute Gasteiger partial charge is 0.481 e. The Balaban J connectivity index is 5.08. The number of hydrogen-bond donors (Lipinski definition) is 1. The summed E-state index contributed by atoms with van der Waals surface area (Å²) in [4.78, 5) is 11.6. The maximum Gasteiger partial charge on any atom is 0.307 e. The van der Waals surface area contributed by atoms with E-state index in [9.17, 15) is 14.5 Å². The molecule has 0 aromatic carbocycles. The number of rotatable bonds is 12. The molecule has 1 atom stereocenters. The standard InChI is InChI=1S/C15H29O3P/c1-4-7-10-13(14(16)17)15(19-18,11-8-5-2)12-9-6-3/h13H,4-12H2,1-3H3,(H,16,17). The summed E-state index contributed by atoms with van der Waals surface area (Å²) in [6, 6.07) is 0. The second kappa shape index (κ2) is 10.4. The monoisotopic (exact) mass is 288 g/mol. The highest BCUT2D eigenvalue weighted by Crippen LogP contribution is 2.43. The van der Waals surface area contributed by atoms with Crippen LogP contribution in [-0.2, 0) is 9.36 Å². The molecular weight excluding hydrogens is 259 g/mol. The summed E-state index contributed by atoms with van der Waals surface area (Å²) in [5.41, 5.74) is 0. The van der Waals surface area contributed by atoms with Gasteiger partial charge < -0.3 is 5.11 Å². The lowest BCUT2D eigenvalue weighted by molar-refractivity contribution is -0.143. The van der Waals surface area contributed by atoms with Crippen molar-refractivity contribution in [2.45, 2.75) is 83.7 Å². The van der Waals surface area contributed by atoms with Gasteiger partial charge in [0.05, 0.1) is 11.1 Å². The van der Waals surface area contributed by atoms with Crippen LogP contribution in [0.1, 0.15) is 78.6 Å². The van der Waals surface area contributed by atoms with Gasteiger partial charge in [0, 0.05) is 0 Å². The third-order valence-electron chi connectivity index (χ3n) is 3.90. The van der Waals surface area contributed by atoms with Crippen molar-refractivity contribution in [1.82, 2.24) is 0 Å². The number of aliphatic carboxylic acids is 1. The van der Waals surface area contributed by atoms with E-state index in [0.29, 0.717) is 6.42 Å². The molecule has 0 radical (unpaired) electrons. The fourth-order valence-electron chi connectivity index (χ4n) is 2.62. The molecule has 0 amide bonds. The van der Waals surface area contributed by atoms with Crippen LogP contribution >= 0.6 is 8.46 Å². The van der Waals surface area contributed by atoms with E-state index in [1.807, 2.05) is 0 Å². The molecule has 1 unspecified atom stereocenters. The van der Waals surface area contributed by atoms with Gasteiger partial charge in [-0.1, -0.05) is 59.3 Å². The molecule has 0 aromatic heterocycles. The molecule has 4 heteroatoms. The van der Waals surface area contributed by atoms with Gasteiger partial charge in [-0.2, -0.15) is 0 Å². The number of carbonyl (C=O) groups is 1. The number of hydrogen-bond acceptors (Lipinski definition) is 2. The molecule has 0 saturated carbocycles. The molecule has 112 valence electrons. The van der Waals surface area contributed by atoms with Gasteiger partial charge in [0.1, 0.15) is 0 Å². The first-order valence-corrected chi connectivity index (χ1v) is 8.46. The highest BCUT2D eigenvalue weighted by molar-refractivity contribution is 7.26. The van der Waals surface area contributed by atoms with Crippen molar-refractivity contribution in [3.8, 4) is 0 Å². The van der Waals surface area contributed by atoms with Crippen molar-refractivity contribution >= 4 is 14.4 Å². The average Bonchev–Trinajstić information content (AvgIpc) is 2.41. The molecular formula is C15H29O3P. The van der Waals surface area contributed by atoms with Crippen LogP contribution in [0, 0.1) is 5.92 Å². The molecule has 0 bridgehead atoms. The van der Waals surface area contributed by atoms with E-state index in [1.165, 1.54) is 0 Å². The van der Waals surface area contributed by atoms with E-state index in [1.54, 1.807) is 0 Å². The Hall–Kier alpha value is -0.430. The van der Waals surface area contributed by atoms with Crippen LogP contribution in [-0.4, -0.2) is 16.2 Å². The minimum Gasteiger partial charge on any atom is -0.481 e. The van der Waals surface area contributed by atoms with Crippen LogP contribution in [0.15, 0.2) is 0 Å². The number of unbranched alkanes of at least 4 members (excludes halogenated alkanes) is 3. The van der Waals surface area contributed by atoms with Crippen LogP contribution in [0.25, 0.3) is 0 Å². The summed E-state index contributed by atoms with van der Waals surface area (Å²) < 4.78 is 11.8.